The van der Waals surface area contributed by atoms with Crippen LogP contribution in [0.1, 0.15) is 0 Å². The maximum Gasteiger partial charge on any atom is 0.181 e. The van der Waals surface area contributed by atoms with Gasteiger partial charge >= 0.3 is 0 Å². The normalized spacial score (nSPS) is 13.5. The van der Waals surface area contributed by atoms with Gasteiger partial charge < -0.3 is 5.73 Å². The average Bonchev–Trinajstić information content (AvgIpc) is 1.36. The predicted molar refractivity (Wildman–Crippen MR) is 26.0 cm³/mol. The van der Waals surface area contributed by atoms with Crippen molar-refractivity contribution in [3.8, 4) is 0 Å². The molecule has 0 fully saturated rings. The third-order valence-corrected chi connectivity index (χ3v) is 0.929. The molecule has 0 rings (SSSR count). The maximum atomic E-state index is 9.91. The summed E-state index contributed by atoms with van der Waals surface area (Å²) in [6, 6.07) is 0. The average molecular weight is 106 g/mol. The Balaban J connectivity index is 3.57. The highest BCUT2D eigenvalue weighted by molar-refractivity contribution is 7.99. The van der Waals surface area contributed by atoms with Crippen molar-refractivity contribution in [2.45, 2.75) is 0 Å². The molecule has 0 aromatic rings. The van der Waals surface area contributed by atoms with Crippen LogP contribution in [0, 0.1) is 5.41 Å². The summed E-state index contributed by atoms with van der Waals surface area (Å²) in [5.41, 5.74) is 4.72. The molecule has 0 aliphatic carbocycles. The minimum Gasteiger partial charge on any atom is -0.377 e. The van der Waals surface area contributed by atoms with Gasteiger partial charge in [-0.15, -0.1) is 0 Å². The van der Waals surface area contributed by atoms with Crippen LogP contribution in [0.25, 0.3) is 0 Å². The van der Waals surface area contributed by atoms with Gasteiger partial charge in [-0.1, -0.05) is 0 Å². The standard InChI is InChI=1S/C2H6N2OS/c1-6(5)2(3)4/h1H3,(H3,3,4)/t6-/m1/s1. The number of rotatable bonds is 0. The molecule has 1 atom stereocenters. The maximum absolute atomic E-state index is 9.91. The minimum atomic E-state index is -1.26. The summed E-state index contributed by atoms with van der Waals surface area (Å²) < 4.78 is 9.91. The molecule has 0 aromatic carbocycles. The fourth-order valence-corrected chi connectivity index (χ4v) is 0. The number of hydrogen-bond acceptors (Lipinski definition) is 2. The van der Waals surface area contributed by atoms with E-state index in [0.717, 1.165) is 0 Å². The first kappa shape index (κ1) is 5.62. The smallest absolute Gasteiger partial charge is 0.181 e. The third kappa shape index (κ3) is 1.90. The summed E-state index contributed by atoms with van der Waals surface area (Å²) in [7, 11) is -1.26. The monoisotopic (exact) mass is 106 g/mol. The molecule has 0 heterocycles. The number of hydrogen-bond donors (Lipinski definition) is 2. The van der Waals surface area contributed by atoms with Crippen LogP contribution in [-0.4, -0.2) is 15.6 Å². The van der Waals surface area contributed by atoms with Gasteiger partial charge in [0.1, 0.15) is 0 Å². The molecule has 0 spiro atoms. The van der Waals surface area contributed by atoms with Crippen LogP contribution in [0.5, 0.6) is 0 Å². The van der Waals surface area contributed by atoms with Crippen molar-refractivity contribution < 1.29 is 4.21 Å². The lowest BCUT2D eigenvalue weighted by molar-refractivity contribution is 0.692. The first-order chi connectivity index (χ1) is 2.64. The van der Waals surface area contributed by atoms with E-state index in [0.29, 0.717) is 0 Å². The summed E-state index contributed by atoms with van der Waals surface area (Å²) in [4.78, 5) is 0. The summed E-state index contributed by atoms with van der Waals surface area (Å²) >= 11 is 0. The molecule has 0 unspecified atom stereocenters. The van der Waals surface area contributed by atoms with Crippen LogP contribution in [-0.2, 0) is 10.8 Å². The molecule has 0 radical (unpaired) electrons. The highest BCUT2D eigenvalue weighted by Gasteiger charge is 1.86. The van der Waals surface area contributed by atoms with Gasteiger partial charge in [0.2, 0.25) is 0 Å². The van der Waals surface area contributed by atoms with Crippen molar-refractivity contribution in [3.05, 3.63) is 0 Å². The zero-order valence-electron chi connectivity index (χ0n) is 3.39. The van der Waals surface area contributed by atoms with E-state index in [1.807, 2.05) is 0 Å². The Morgan fingerprint density at radius 1 is 2.00 bits per heavy atom. The van der Waals surface area contributed by atoms with Gasteiger partial charge in [0.15, 0.2) is 5.17 Å². The van der Waals surface area contributed by atoms with Crippen LogP contribution in [0.3, 0.4) is 0 Å². The van der Waals surface area contributed by atoms with E-state index in [2.05, 4.69) is 0 Å². The van der Waals surface area contributed by atoms with Gasteiger partial charge in [0, 0.05) is 6.26 Å². The van der Waals surface area contributed by atoms with E-state index in [4.69, 9.17) is 11.1 Å². The first-order valence-corrected chi connectivity index (χ1v) is 2.88. The molecule has 3 nitrogen and oxygen atoms in total. The van der Waals surface area contributed by atoms with E-state index < -0.39 is 10.8 Å². The molecule has 0 aliphatic heterocycles. The summed E-state index contributed by atoms with van der Waals surface area (Å²) in [5.74, 6) is 0. The van der Waals surface area contributed by atoms with Crippen molar-refractivity contribution in [1.82, 2.24) is 0 Å². The van der Waals surface area contributed by atoms with Crippen molar-refractivity contribution >= 4 is 16.0 Å². The Morgan fingerprint density at radius 3 is 2.17 bits per heavy atom. The second-order valence-electron chi connectivity index (χ2n) is 0.818. The molecule has 0 aliphatic rings. The molecule has 36 valence electrons. The SMILES string of the molecule is C[S@@](=O)C(=N)N. The van der Waals surface area contributed by atoms with E-state index in [1.165, 1.54) is 6.26 Å². The molecule has 6 heavy (non-hydrogen) atoms. The highest BCUT2D eigenvalue weighted by Crippen LogP contribution is 1.63. The fourth-order valence-electron chi connectivity index (χ4n) is 0. The number of nitrogens with one attached hydrogen (secondary N) is 1. The second kappa shape index (κ2) is 1.92. The van der Waals surface area contributed by atoms with Crippen molar-refractivity contribution in [2.75, 3.05) is 6.26 Å². The molecule has 3 N–H and O–H groups in total. The summed E-state index contributed by atoms with van der Waals surface area (Å²) in [5, 5.41) is 6.16. The Bertz CT molecular complexity index is 77.5. The molecular formula is C2H6N2OS. The quantitative estimate of drug-likeness (QED) is 0.315. The lowest BCUT2D eigenvalue weighted by Crippen LogP contribution is -2.14. The van der Waals surface area contributed by atoms with E-state index in [-0.39, 0.29) is 5.17 Å². The predicted octanol–water partition coefficient (Wildman–Crippen LogP) is -0.742. The molecule has 0 saturated carbocycles. The van der Waals surface area contributed by atoms with E-state index in [9.17, 15) is 4.21 Å². The van der Waals surface area contributed by atoms with Crippen molar-refractivity contribution in [3.63, 3.8) is 0 Å². The lowest BCUT2D eigenvalue weighted by atomic mass is 11.4. The Labute approximate surface area is 38.5 Å². The third-order valence-electron chi connectivity index (χ3n) is 0.310. The lowest BCUT2D eigenvalue weighted by Gasteiger charge is -1.81. The Kier molecular flexibility index (Phi) is 1.80. The minimum absolute atomic E-state index is 0.269. The van der Waals surface area contributed by atoms with Crippen LogP contribution >= 0.6 is 0 Å². The summed E-state index contributed by atoms with van der Waals surface area (Å²) in [6.07, 6.45) is 1.36. The van der Waals surface area contributed by atoms with Gasteiger partial charge in [-0.25, -0.2) is 0 Å². The van der Waals surface area contributed by atoms with Crippen molar-refractivity contribution in [2.24, 2.45) is 5.73 Å². The largest absolute Gasteiger partial charge is 0.377 e. The molecule has 4 heteroatoms. The Morgan fingerprint density at radius 2 is 2.17 bits per heavy atom. The van der Waals surface area contributed by atoms with Gasteiger partial charge in [0.25, 0.3) is 0 Å². The van der Waals surface area contributed by atoms with Crippen molar-refractivity contribution in [1.29, 1.82) is 5.41 Å². The van der Waals surface area contributed by atoms with E-state index >= 15 is 0 Å². The zero-order valence-corrected chi connectivity index (χ0v) is 4.21. The van der Waals surface area contributed by atoms with Gasteiger partial charge in [-0.3, -0.25) is 9.62 Å². The Hall–Kier alpha value is -0.380. The molecular weight excluding hydrogens is 100 g/mol. The van der Waals surface area contributed by atoms with E-state index in [1.54, 1.807) is 0 Å². The van der Waals surface area contributed by atoms with Crippen LogP contribution in [0.4, 0.5) is 0 Å². The number of amidine groups is 1. The molecule has 0 amide bonds. The number of nitrogens with two attached hydrogens (primary N) is 1. The van der Waals surface area contributed by atoms with Crippen LogP contribution in [0.15, 0.2) is 0 Å². The highest BCUT2D eigenvalue weighted by atomic mass is 32.2. The summed E-state index contributed by atoms with van der Waals surface area (Å²) in [6.45, 7) is 0. The molecule has 0 bridgehead atoms. The van der Waals surface area contributed by atoms with Gasteiger partial charge in [0.05, 0.1) is 10.8 Å². The molecule has 0 saturated heterocycles. The topological polar surface area (TPSA) is 66.9 Å². The van der Waals surface area contributed by atoms with Crippen LogP contribution < -0.4 is 5.73 Å². The zero-order chi connectivity index (χ0) is 5.15. The second-order valence-corrected chi connectivity index (χ2v) is 2.17. The van der Waals surface area contributed by atoms with Crippen LogP contribution in [0.2, 0.25) is 0 Å². The molecule has 0 aromatic heterocycles. The van der Waals surface area contributed by atoms with Gasteiger partial charge in [-0.2, -0.15) is 0 Å². The first-order valence-electron chi connectivity index (χ1n) is 1.32. The fraction of sp³-hybridized carbons (Fsp3) is 0.500. The van der Waals surface area contributed by atoms with Gasteiger partial charge in [-0.05, 0) is 0 Å².